The Bertz CT molecular complexity index is 606. The Morgan fingerprint density at radius 1 is 1.19 bits per heavy atom. The summed E-state index contributed by atoms with van der Waals surface area (Å²) < 4.78 is 28.1. The van der Waals surface area contributed by atoms with Crippen molar-refractivity contribution in [2.24, 2.45) is 0 Å². The van der Waals surface area contributed by atoms with Crippen LogP contribution in [0.1, 0.15) is 36.8 Å². The largest absolute Gasteiger partial charge is 0.398 e. The molecule has 0 spiro atoms. The van der Waals surface area contributed by atoms with Crippen LogP contribution < -0.4 is 10.5 Å². The average Bonchev–Trinajstić information content (AvgIpc) is 2.43. The van der Waals surface area contributed by atoms with Crippen molar-refractivity contribution in [2.45, 2.75) is 55.7 Å². The molecule has 1 aliphatic carbocycles. The molecule has 0 aromatic heterocycles. The maximum atomic E-state index is 12.6. The number of benzene rings is 1. The van der Waals surface area contributed by atoms with E-state index in [1.54, 1.807) is 6.07 Å². The molecule has 0 aliphatic heterocycles. The van der Waals surface area contributed by atoms with Crippen LogP contribution in [0.25, 0.3) is 0 Å². The molecule has 1 saturated carbocycles. The molecule has 0 bridgehead atoms. The predicted molar refractivity (Wildman–Crippen MR) is 90.2 cm³/mol. The minimum atomic E-state index is -3.55. The molecule has 0 radical (unpaired) electrons. The summed E-state index contributed by atoms with van der Waals surface area (Å²) >= 11 is 1.87. The Morgan fingerprint density at radius 3 is 2.38 bits per heavy atom. The lowest BCUT2D eigenvalue weighted by atomic mass is 9.96. The molecule has 1 fully saturated rings. The van der Waals surface area contributed by atoms with E-state index >= 15 is 0 Å². The van der Waals surface area contributed by atoms with Crippen LogP contribution >= 0.6 is 11.8 Å². The number of anilines is 1. The van der Waals surface area contributed by atoms with E-state index in [0.29, 0.717) is 10.9 Å². The van der Waals surface area contributed by atoms with Gasteiger partial charge in [-0.3, -0.25) is 0 Å². The van der Waals surface area contributed by atoms with E-state index in [2.05, 4.69) is 11.0 Å². The lowest BCUT2D eigenvalue weighted by Crippen LogP contribution is -2.38. The number of hydrogen-bond donors (Lipinski definition) is 2. The first-order chi connectivity index (χ1) is 9.85. The quantitative estimate of drug-likeness (QED) is 0.834. The van der Waals surface area contributed by atoms with Gasteiger partial charge in [0.15, 0.2) is 0 Å². The molecule has 0 unspecified atom stereocenters. The van der Waals surface area contributed by atoms with Crippen molar-refractivity contribution < 1.29 is 8.42 Å². The lowest BCUT2D eigenvalue weighted by molar-refractivity contribution is 0.420. The zero-order valence-corrected chi connectivity index (χ0v) is 14.5. The van der Waals surface area contributed by atoms with Gasteiger partial charge in [-0.2, -0.15) is 11.8 Å². The van der Waals surface area contributed by atoms with Crippen molar-refractivity contribution in [3.8, 4) is 0 Å². The number of hydrogen-bond acceptors (Lipinski definition) is 4. The van der Waals surface area contributed by atoms with Crippen LogP contribution in [0.3, 0.4) is 0 Å². The van der Waals surface area contributed by atoms with E-state index in [1.807, 2.05) is 31.7 Å². The van der Waals surface area contributed by atoms with Crippen molar-refractivity contribution in [3.05, 3.63) is 23.3 Å². The number of nitrogens with two attached hydrogens (primary N) is 1. The van der Waals surface area contributed by atoms with Gasteiger partial charge in [-0.1, -0.05) is 6.07 Å². The molecule has 1 aromatic rings. The first-order valence-corrected chi connectivity index (χ1v) is 10.0. The number of aryl methyl sites for hydroxylation is 1. The molecule has 0 heterocycles. The standard InChI is InChI=1S/C15H24N2O2S2/c1-10-4-9-14(16)15(11(10)2)21(18,19)17-12-5-7-13(20-3)8-6-12/h4,9,12-13,17H,5-8,16H2,1-3H3. The number of rotatable bonds is 4. The summed E-state index contributed by atoms with van der Waals surface area (Å²) in [6.07, 6.45) is 6.05. The Morgan fingerprint density at radius 2 is 1.81 bits per heavy atom. The van der Waals surface area contributed by atoms with E-state index in [0.717, 1.165) is 36.8 Å². The van der Waals surface area contributed by atoms with E-state index in [1.165, 1.54) is 0 Å². The molecular weight excluding hydrogens is 304 g/mol. The molecule has 0 saturated heterocycles. The zero-order valence-electron chi connectivity index (χ0n) is 12.8. The topological polar surface area (TPSA) is 72.2 Å². The molecule has 3 N–H and O–H groups in total. The van der Waals surface area contributed by atoms with E-state index in [4.69, 9.17) is 5.73 Å². The Hall–Kier alpha value is -0.720. The molecule has 0 amide bonds. The van der Waals surface area contributed by atoms with Gasteiger partial charge in [0.05, 0.1) is 5.69 Å². The molecule has 4 nitrogen and oxygen atoms in total. The number of thioether (sulfide) groups is 1. The van der Waals surface area contributed by atoms with Crippen LogP contribution in [0.4, 0.5) is 5.69 Å². The predicted octanol–water partition coefficient (Wildman–Crippen LogP) is 2.84. The molecule has 6 heteroatoms. The second-order valence-electron chi connectivity index (χ2n) is 5.76. The summed E-state index contributed by atoms with van der Waals surface area (Å²) in [7, 11) is -3.55. The fourth-order valence-electron chi connectivity index (χ4n) is 2.86. The van der Waals surface area contributed by atoms with Gasteiger partial charge in [-0.25, -0.2) is 13.1 Å². The van der Waals surface area contributed by atoms with Crippen LogP contribution in [-0.4, -0.2) is 26.0 Å². The summed E-state index contributed by atoms with van der Waals surface area (Å²) in [4.78, 5) is 0.245. The van der Waals surface area contributed by atoms with Crippen LogP contribution in [0.2, 0.25) is 0 Å². The smallest absolute Gasteiger partial charge is 0.243 e. The summed E-state index contributed by atoms with van der Waals surface area (Å²) in [5.41, 5.74) is 7.90. The monoisotopic (exact) mass is 328 g/mol. The molecule has 1 aliphatic rings. The third kappa shape index (κ3) is 3.73. The van der Waals surface area contributed by atoms with Gasteiger partial charge < -0.3 is 5.73 Å². The minimum Gasteiger partial charge on any atom is -0.398 e. The third-order valence-electron chi connectivity index (χ3n) is 4.31. The van der Waals surface area contributed by atoms with Crippen LogP contribution in [0, 0.1) is 13.8 Å². The fraction of sp³-hybridized carbons (Fsp3) is 0.600. The Balaban J connectivity index is 2.18. The average molecular weight is 329 g/mol. The van der Waals surface area contributed by atoms with Crippen molar-refractivity contribution in [2.75, 3.05) is 12.0 Å². The molecule has 118 valence electrons. The van der Waals surface area contributed by atoms with E-state index < -0.39 is 10.0 Å². The van der Waals surface area contributed by atoms with Crippen molar-refractivity contribution in [1.29, 1.82) is 0 Å². The number of sulfonamides is 1. The lowest BCUT2D eigenvalue weighted by Gasteiger charge is -2.28. The second-order valence-corrected chi connectivity index (χ2v) is 8.55. The van der Waals surface area contributed by atoms with Gasteiger partial charge in [-0.15, -0.1) is 0 Å². The van der Waals surface area contributed by atoms with Gasteiger partial charge in [0.2, 0.25) is 10.0 Å². The van der Waals surface area contributed by atoms with Crippen LogP contribution in [0.5, 0.6) is 0 Å². The highest BCUT2D eigenvalue weighted by molar-refractivity contribution is 7.99. The fourth-order valence-corrected chi connectivity index (χ4v) is 5.34. The molecular formula is C15H24N2O2S2. The number of nitrogens with one attached hydrogen (secondary N) is 1. The van der Waals surface area contributed by atoms with Crippen molar-refractivity contribution in [3.63, 3.8) is 0 Å². The Labute approximate surface area is 131 Å². The SMILES string of the molecule is CSC1CCC(NS(=O)(=O)c2c(N)ccc(C)c2C)CC1. The highest BCUT2D eigenvalue weighted by atomic mass is 32.2. The summed E-state index contributed by atoms with van der Waals surface area (Å²) in [6, 6.07) is 3.55. The van der Waals surface area contributed by atoms with Crippen LogP contribution in [0.15, 0.2) is 17.0 Å². The zero-order chi connectivity index (χ0) is 15.6. The van der Waals surface area contributed by atoms with Gasteiger partial charge in [0.25, 0.3) is 0 Å². The highest BCUT2D eigenvalue weighted by Gasteiger charge is 2.27. The number of nitrogen functional groups attached to an aromatic ring is 1. The van der Waals surface area contributed by atoms with Gasteiger partial charge in [0, 0.05) is 11.3 Å². The third-order valence-corrected chi connectivity index (χ3v) is 7.17. The normalized spacial score (nSPS) is 23.2. The summed E-state index contributed by atoms with van der Waals surface area (Å²) in [5, 5.41) is 0.663. The molecule has 0 atom stereocenters. The molecule has 1 aromatic carbocycles. The maximum absolute atomic E-state index is 12.6. The summed E-state index contributed by atoms with van der Waals surface area (Å²) in [5.74, 6) is 0. The molecule has 2 rings (SSSR count). The minimum absolute atomic E-state index is 0.0257. The van der Waals surface area contributed by atoms with E-state index in [-0.39, 0.29) is 10.9 Å². The second kappa shape index (κ2) is 6.58. The molecule has 21 heavy (non-hydrogen) atoms. The highest BCUT2D eigenvalue weighted by Crippen LogP contribution is 2.30. The van der Waals surface area contributed by atoms with Gasteiger partial charge >= 0.3 is 0 Å². The van der Waals surface area contributed by atoms with Crippen molar-refractivity contribution in [1.82, 2.24) is 4.72 Å². The first-order valence-electron chi connectivity index (χ1n) is 7.26. The van der Waals surface area contributed by atoms with Gasteiger partial charge in [-0.05, 0) is 63.0 Å². The maximum Gasteiger partial charge on any atom is 0.243 e. The summed E-state index contributed by atoms with van der Waals surface area (Å²) in [6.45, 7) is 3.71. The Kier molecular flexibility index (Phi) is 5.22. The van der Waals surface area contributed by atoms with E-state index in [9.17, 15) is 8.42 Å². The van der Waals surface area contributed by atoms with Crippen molar-refractivity contribution >= 4 is 27.5 Å². The van der Waals surface area contributed by atoms with Gasteiger partial charge in [0.1, 0.15) is 4.90 Å². The van der Waals surface area contributed by atoms with Crippen LogP contribution in [-0.2, 0) is 10.0 Å². The first kappa shape index (κ1) is 16.6.